The fourth-order valence-electron chi connectivity index (χ4n) is 2.97. The van der Waals surface area contributed by atoms with E-state index in [0.717, 1.165) is 28.0 Å². The largest absolute Gasteiger partial charge is 0.497 e. The smallest absolute Gasteiger partial charge is 0.220 e. The van der Waals surface area contributed by atoms with E-state index in [1.165, 1.54) is 0 Å². The summed E-state index contributed by atoms with van der Waals surface area (Å²) < 4.78 is 5.15. The number of methoxy groups -OCH3 is 1. The molecular formula is C23H24N2O2. The number of amides is 1. The monoisotopic (exact) mass is 360 g/mol. The normalized spacial score (nSPS) is 11.6. The van der Waals surface area contributed by atoms with Gasteiger partial charge in [0.25, 0.3) is 0 Å². The number of carbonyl (C=O) groups is 1. The fourth-order valence-corrected chi connectivity index (χ4v) is 2.97. The van der Waals surface area contributed by atoms with Crippen LogP contribution in [0.3, 0.4) is 0 Å². The molecule has 0 saturated carbocycles. The molecule has 3 aromatic rings. The van der Waals surface area contributed by atoms with Gasteiger partial charge in [-0.15, -0.1) is 0 Å². The van der Waals surface area contributed by atoms with E-state index in [-0.39, 0.29) is 11.9 Å². The molecule has 0 bridgehead atoms. The highest BCUT2D eigenvalue weighted by molar-refractivity contribution is 5.76. The summed E-state index contributed by atoms with van der Waals surface area (Å²) in [5.74, 6) is 0.871. The Labute approximate surface area is 160 Å². The lowest BCUT2D eigenvalue weighted by Crippen LogP contribution is -2.26. The molecule has 27 heavy (non-hydrogen) atoms. The highest BCUT2D eigenvalue weighted by Gasteiger charge is 2.11. The molecule has 3 rings (SSSR count). The molecule has 1 heterocycles. The summed E-state index contributed by atoms with van der Waals surface area (Å²) in [4.78, 5) is 16.5. The Bertz CT molecular complexity index is 876. The predicted molar refractivity (Wildman–Crippen MR) is 108 cm³/mol. The molecule has 0 fully saturated rings. The third-order valence-corrected chi connectivity index (χ3v) is 4.56. The van der Waals surface area contributed by atoms with Gasteiger partial charge in [-0.2, -0.15) is 0 Å². The van der Waals surface area contributed by atoms with Crippen LogP contribution in [0.5, 0.6) is 5.75 Å². The van der Waals surface area contributed by atoms with Crippen LogP contribution in [0, 0.1) is 0 Å². The van der Waals surface area contributed by atoms with Gasteiger partial charge in [0, 0.05) is 18.8 Å². The number of aryl methyl sites for hydroxylation is 1. The quantitative estimate of drug-likeness (QED) is 0.672. The van der Waals surface area contributed by atoms with E-state index < -0.39 is 0 Å². The van der Waals surface area contributed by atoms with E-state index in [0.29, 0.717) is 12.8 Å². The summed E-state index contributed by atoms with van der Waals surface area (Å²) in [6, 6.07) is 19.9. The van der Waals surface area contributed by atoms with E-state index >= 15 is 0 Å². The molecule has 4 heteroatoms. The van der Waals surface area contributed by atoms with Crippen molar-refractivity contribution in [2.24, 2.45) is 0 Å². The SMILES string of the molecule is COc1ccc(CCC(=O)N[C@@H](C)c2cccc(-c3cccnc3)c2)cc1. The van der Waals surface area contributed by atoms with E-state index in [2.05, 4.69) is 22.4 Å². The van der Waals surface area contributed by atoms with Crippen molar-refractivity contribution in [2.75, 3.05) is 7.11 Å². The number of carbonyl (C=O) groups excluding carboxylic acids is 1. The first-order valence-corrected chi connectivity index (χ1v) is 9.08. The van der Waals surface area contributed by atoms with Crippen LogP contribution in [0.4, 0.5) is 0 Å². The number of benzene rings is 2. The van der Waals surface area contributed by atoms with Crippen molar-refractivity contribution in [3.63, 3.8) is 0 Å². The van der Waals surface area contributed by atoms with Gasteiger partial charge in [-0.3, -0.25) is 9.78 Å². The van der Waals surface area contributed by atoms with Crippen LogP contribution in [0.15, 0.2) is 73.1 Å². The van der Waals surface area contributed by atoms with E-state index in [1.807, 2.05) is 61.7 Å². The number of hydrogen-bond donors (Lipinski definition) is 1. The van der Waals surface area contributed by atoms with Crippen LogP contribution in [0.1, 0.15) is 30.5 Å². The molecule has 0 aliphatic rings. The van der Waals surface area contributed by atoms with Gasteiger partial charge in [-0.25, -0.2) is 0 Å². The molecular weight excluding hydrogens is 336 g/mol. The van der Waals surface area contributed by atoms with Gasteiger partial charge in [-0.05, 0) is 59.9 Å². The third kappa shape index (κ3) is 5.17. The number of nitrogens with one attached hydrogen (secondary N) is 1. The topological polar surface area (TPSA) is 51.2 Å². The first kappa shape index (κ1) is 18.6. The first-order valence-electron chi connectivity index (χ1n) is 9.08. The minimum absolute atomic E-state index is 0.0464. The molecule has 138 valence electrons. The molecule has 0 saturated heterocycles. The minimum atomic E-state index is -0.0509. The summed E-state index contributed by atoms with van der Waals surface area (Å²) in [5, 5.41) is 3.09. The molecule has 0 spiro atoms. The number of rotatable bonds is 7. The van der Waals surface area contributed by atoms with E-state index in [1.54, 1.807) is 13.3 Å². The second-order valence-corrected chi connectivity index (χ2v) is 6.50. The summed E-state index contributed by atoms with van der Waals surface area (Å²) >= 11 is 0. The van der Waals surface area contributed by atoms with E-state index in [9.17, 15) is 4.79 Å². The predicted octanol–water partition coefficient (Wildman–Crippen LogP) is 4.57. The highest BCUT2D eigenvalue weighted by atomic mass is 16.5. The Kier molecular flexibility index (Phi) is 6.21. The van der Waals surface area contributed by atoms with Crippen LogP contribution in [-0.2, 0) is 11.2 Å². The number of aromatic nitrogens is 1. The van der Waals surface area contributed by atoms with Crippen molar-refractivity contribution in [3.8, 4) is 16.9 Å². The van der Waals surface area contributed by atoms with Gasteiger partial charge in [0.15, 0.2) is 0 Å². The Morgan fingerprint density at radius 3 is 2.56 bits per heavy atom. The van der Waals surface area contributed by atoms with Crippen molar-refractivity contribution < 1.29 is 9.53 Å². The average Bonchev–Trinajstić information content (AvgIpc) is 2.73. The lowest BCUT2D eigenvalue weighted by molar-refractivity contribution is -0.121. The maximum absolute atomic E-state index is 12.3. The van der Waals surface area contributed by atoms with Gasteiger partial charge < -0.3 is 10.1 Å². The fraction of sp³-hybridized carbons (Fsp3) is 0.217. The second kappa shape index (κ2) is 8.99. The van der Waals surface area contributed by atoms with Crippen LogP contribution in [0.25, 0.3) is 11.1 Å². The van der Waals surface area contributed by atoms with Crippen molar-refractivity contribution in [3.05, 3.63) is 84.2 Å². The van der Waals surface area contributed by atoms with Gasteiger partial charge in [0.1, 0.15) is 5.75 Å². The second-order valence-electron chi connectivity index (χ2n) is 6.50. The van der Waals surface area contributed by atoms with Gasteiger partial charge in [0.05, 0.1) is 13.2 Å². The Morgan fingerprint density at radius 2 is 1.85 bits per heavy atom. The highest BCUT2D eigenvalue weighted by Crippen LogP contribution is 2.22. The van der Waals surface area contributed by atoms with Crippen molar-refractivity contribution in [2.45, 2.75) is 25.8 Å². The molecule has 1 atom stereocenters. The first-order chi connectivity index (χ1) is 13.2. The van der Waals surface area contributed by atoms with Crippen LogP contribution >= 0.6 is 0 Å². The van der Waals surface area contributed by atoms with Crippen LogP contribution in [0.2, 0.25) is 0 Å². The Hall–Kier alpha value is -3.14. The van der Waals surface area contributed by atoms with E-state index in [4.69, 9.17) is 4.74 Å². The molecule has 1 aromatic heterocycles. The van der Waals surface area contributed by atoms with Gasteiger partial charge in [0.2, 0.25) is 5.91 Å². The molecule has 1 amide bonds. The maximum Gasteiger partial charge on any atom is 0.220 e. The molecule has 1 N–H and O–H groups in total. The Balaban J connectivity index is 1.58. The number of hydrogen-bond acceptors (Lipinski definition) is 3. The average molecular weight is 360 g/mol. The Morgan fingerprint density at radius 1 is 1.07 bits per heavy atom. The summed E-state index contributed by atoms with van der Waals surface area (Å²) in [7, 11) is 1.65. The number of pyridine rings is 1. The summed E-state index contributed by atoms with van der Waals surface area (Å²) in [6.45, 7) is 2.01. The lowest BCUT2D eigenvalue weighted by atomic mass is 10.0. The van der Waals surface area contributed by atoms with Crippen molar-refractivity contribution in [1.82, 2.24) is 10.3 Å². The molecule has 0 aliphatic heterocycles. The molecule has 4 nitrogen and oxygen atoms in total. The van der Waals surface area contributed by atoms with Crippen LogP contribution < -0.4 is 10.1 Å². The zero-order valence-corrected chi connectivity index (χ0v) is 15.7. The van der Waals surface area contributed by atoms with Crippen LogP contribution in [-0.4, -0.2) is 18.0 Å². The minimum Gasteiger partial charge on any atom is -0.497 e. The molecule has 2 aromatic carbocycles. The summed E-state index contributed by atoms with van der Waals surface area (Å²) in [6.07, 6.45) is 4.77. The lowest BCUT2D eigenvalue weighted by Gasteiger charge is -2.15. The number of ether oxygens (including phenoxy) is 1. The summed E-state index contributed by atoms with van der Waals surface area (Å²) in [5.41, 5.74) is 4.36. The number of nitrogens with zero attached hydrogens (tertiary/aromatic N) is 1. The van der Waals surface area contributed by atoms with Crippen molar-refractivity contribution >= 4 is 5.91 Å². The third-order valence-electron chi connectivity index (χ3n) is 4.56. The molecule has 0 radical (unpaired) electrons. The molecule has 0 unspecified atom stereocenters. The van der Waals surface area contributed by atoms with Crippen molar-refractivity contribution in [1.29, 1.82) is 0 Å². The molecule has 0 aliphatic carbocycles. The standard InChI is InChI=1S/C23H24N2O2/c1-17(19-5-3-6-20(15-19)21-7-4-14-24-16-21)25-23(26)13-10-18-8-11-22(27-2)12-9-18/h3-9,11-12,14-17H,10,13H2,1-2H3,(H,25,26)/t17-/m0/s1. The zero-order valence-electron chi connectivity index (χ0n) is 15.7. The van der Waals surface area contributed by atoms with Gasteiger partial charge >= 0.3 is 0 Å². The van der Waals surface area contributed by atoms with Gasteiger partial charge in [-0.1, -0.05) is 36.4 Å². The zero-order chi connectivity index (χ0) is 19.1. The maximum atomic E-state index is 12.3.